The van der Waals surface area contributed by atoms with Crippen LogP contribution in [0.3, 0.4) is 0 Å². The first-order chi connectivity index (χ1) is 17.0. The lowest BCUT2D eigenvalue weighted by Crippen LogP contribution is -2.67. The van der Waals surface area contributed by atoms with Gasteiger partial charge in [0.25, 0.3) is 0 Å². The second kappa shape index (κ2) is 12.3. The van der Waals surface area contributed by atoms with E-state index in [1.807, 2.05) is 67.6 Å². The van der Waals surface area contributed by atoms with Crippen molar-refractivity contribution < 1.29 is 33.3 Å². The van der Waals surface area contributed by atoms with Crippen molar-refractivity contribution >= 4 is 11.9 Å². The maximum Gasteiger partial charge on any atom is 0.306 e. The average Bonchev–Trinajstić information content (AvgIpc) is 2.88. The topological polar surface area (TPSA) is 92.3 Å². The number of benzene rings is 2. The molecule has 0 aromatic heterocycles. The molecule has 4 rings (SSSR count). The number of fused-ring (bicyclic) bond motifs is 1. The highest BCUT2D eigenvalue weighted by Gasteiger charge is 2.52. The zero-order valence-electron chi connectivity index (χ0n) is 20.1. The summed E-state index contributed by atoms with van der Waals surface area (Å²) in [4.78, 5) is 24.9. The van der Waals surface area contributed by atoms with Crippen molar-refractivity contribution in [2.45, 2.75) is 76.7 Å². The van der Waals surface area contributed by atoms with Crippen molar-refractivity contribution in [3.63, 3.8) is 0 Å². The number of ether oxygens (including phenoxy) is 5. The quantitative estimate of drug-likeness (QED) is 0.544. The Morgan fingerprint density at radius 3 is 2.43 bits per heavy atom. The van der Waals surface area contributed by atoms with Crippen LogP contribution < -0.4 is 5.32 Å². The molecule has 2 fully saturated rings. The molecule has 1 N–H and O–H groups in total. The summed E-state index contributed by atoms with van der Waals surface area (Å²) in [5.74, 6) is -0.632. The fraction of sp³-hybridized carbons (Fsp3) is 0.481. The number of hydrogen-bond donors (Lipinski definition) is 1. The lowest BCUT2D eigenvalue weighted by Gasteiger charge is -2.48. The predicted molar refractivity (Wildman–Crippen MR) is 127 cm³/mol. The molecule has 188 valence electrons. The maximum absolute atomic E-state index is 12.7. The second-order valence-corrected chi connectivity index (χ2v) is 8.80. The zero-order valence-corrected chi connectivity index (χ0v) is 20.1. The highest BCUT2D eigenvalue weighted by Crippen LogP contribution is 2.36. The highest BCUT2D eigenvalue weighted by atomic mass is 16.8. The first kappa shape index (κ1) is 25.3. The standard InChI is InChI=1S/C27H33NO7/c1-3-4-15-22(30)34-25-23(28-18(2)29)27(31-16-19-11-7-5-8-12-19)33-21-17-32-26(35-24(21)25)20-13-9-6-10-14-20/h5-14,21,23-27H,3-4,15-17H2,1-2H3,(H,28,29)/t21-,23+,24-,25+,26+,27-/m1/s1. The molecule has 0 aliphatic carbocycles. The molecule has 0 unspecified atom stereocenters. The summed E-state index contributed by atoms with van der Waals surface area (Å²) < 4.78 is 30.5. The number of carbonyl (C=O) groups is 2. The number of nitrogens with one attached hydrogen (secondary N) is 1. The fourth-order valence-electron chi connectivity index (χ4n) is 4.31. The minimum Gasteiger partial charge on any atom is -0.457 e. The maximum atomic E-state index is 12.7. The molecule has 8 heteroatoms. The van der Waals surface area contributed by atoms with E-state index in [9.17, 15) is 9.59 Å². The number of amides is 1. The van der Waals surface area contributed by atoms with Crippen LogP contribution in [0.2, 0.25) is 0 Å². The van der Waals surface area contributed by atoms with Crippen molar-refractivity contribution in [2.24, 2.45) is 0 Å². The smallest absolute Gasteiger partial charge is 0.306 e. The summed E-state index contributed by atoms with van der Waals surface area (Å²) in [6, 6.07) is 18.5. The van der Waals surface area contributed by atoms with Gasteiger partial charge in [0.15, 0.2) is 18.7 Å². The van der Waals surface area contributed by atoms with Crippen molar-refractivity contribution in [3.8, 4) is 0 Å². The van der Waals surface area contributed by atoms with E-state index < -0.39 is 36.9 Å². The largest absolute Gasteiger partial charge is 0.457 e. The number of carbonyl (C=O) groups excluding carboxylic acids is 2. The van der Waals surface area contributed by atoms with Gasteiger partial charge in [0, 0.05) is 18.9 Å². The molecule has 8 nitrogen and oxygen atoms in total. The summed E-state index contributed by atoms with van der Waals surface area (Å²) in [6.07, 6.45) is -1.62. The summed E-state index contributed by atoms with van der Waals surface area (Å²) in [5, 5.41) is 2.88. The molecule has 0 bridgehead atoms. The fourth-order valence-corrected chi connectivity index (χ4v) is 4.31. The Morgan fingerprint density at radius 2 is 1.74 bits per heavy atom. The van der Waals surface area contributed by atoms with Gasteiger partial charge >= 0.3 is 5.97 Å². The first-order valence-corrected chi connectivity index (χ1v) is 12.1. The van der Waals surface area contributed by atoms with E-state index in [1.54, 1.807) is 0 Å². The Kier molecular flexibility index (Phi) is 8.87. The number of esters is 1. The van der Waals surface area contributed by atoms with Gasteiger partial charge in [0.05, 0.1) is 13.2 Å². The lowest BCUT2D eigenvalue weighted by molar-refractivity contribution is -0.346. The van der Waals surface area contributed by atoms with Crippen LogP contribution in [0.1, 0.15) is 50.5 Å². The molecule has 2 aromatic carbocycles. The summed E-state index contributed by atoms with van der Waals surface area (Å²) in [6.45, 7) is 3.92. The highest BCUT2D eigenvalue weighted by molar-refractivity contribution is 5.73. The summed E-state index contributed by atoms with van der Waals surface area (Å²) in [7, 11) is 0. The van der Waals surface area contributed by atoms with Gasteiger partial charge in [-0.05, 0) is 12.0 Å². The molecule has 0 radical (unpaired) electrons. The third-order valence-electron chi connectivity index (χ3n) is 6.04. The Balaban J connectivity index is 1.57. The Labute approximate surface area is 205 Å². The van der Waals surface area contributed by atoms with Crippen LogP contribution in [0.5, 0.6) is 0 Å². The Morgan fingerprint density at radius 1 is 1.03 bits per heavy atom. The third-order valence-corrected chi connectivity index (χ3v) is 6.04. The van der Waals surface area contributed by atoms with E-state index in [4.69, 9.17) is 23.7 Å². The van der Waals surface area contributed by atoms with E-state index in [1.165, 1.54) is 6.92 Å². The molecule has 2 aliphatic rings. The van der Waals surface area contributed by atoms with Gasteiger partial charge in [-0.3, -0.25) is 9.59 Å². The van der Waals surface area contributed by atoms with Crippen LogP contribution in [0.25, 0.3) is 0 Å². The molecule has 0 saturated carbocycles. The van der Waals surface area contributed by atoms with Crippen LogP contribution in [0.15, 0.2) is 60.7 Å². The predicted octanol–water partition coefficient (Wildman–Crippen LogP) is 3.65. The molecule has 1 amide bonds. The molecule has 35 heavy (non-hydrogen) atoms. The molecular formula is C27H33NO7. The molecule has 0 spiro atoms. The van der Waals surface area contributed by atoms with Crippen LogP contribution in [0.4, 0.5) is 0 Å². The summed E-state index contributed by atoms with van der Waals surface area (Å²) >= 11 is 0. The minimum absolute atomic E-state index is 0.227. The van der Waals surface area contributed by atoms with Gasteiger partial charge in [0.2, 0.25) is 5.91 Å². The first-order valence-electron chi connectivity index (χ1n) is 12.1. The number of hydrogen-bond acceptors (Lipinski definition) is 7. The van der Waals surface area contributed by atoms with E-state index in [0.29, 0.717) is 6.42 Å². The van der Waals surface area contributed by atoms with Gasteiger partial charge in [-0.2, -0.15) is 0 Å². The van der Waals surface area contributed by atoms with Crippen molar-refractivity contribution in [2.75, 3.05) is 6.61 Å². The van der Waals surface area contributed by atoms with Crippen LogP contribution in [0, 0.1) is 0 Å². The van der Waals surface area contributed by atoms with Gasteiger partial charge < -0.3 is 29.0 Å². The summed E-state index contributed by atoms with van der Waals surface area (Å²) in [5.41, 5.74) is 1.80. The van der Waals surface area contributed by atoms with Crippen molar-refractivity contribution in [1.82, 2.24) is 5.32 Å². The Bertz CT molecular complexity index is 955. The van der Waals surface area contributed by atoms with Gasteiger partial charge in [-0.1, -0.05) is 74.0 Å². The van der Waals surface area contributed by atoms with E-state index in [-0.39, 0.29) is 31.5 Å². The lowest BCUT2D eigenvalue weighted by atomic mass is 9.95. The molecule has 2 aromatic rings. The second-order valence-electron chi connectivity index (χ2n) is 8.80. The number of rotatable bonds is 9. The molecule has 2 heterocycles. The Hall–Kier alpha value is -2.78. The zero-order chi connectivity index (χ0) is 24.6. The van der Waals surface area contributed by atoms with Crippen LogP contribution in [-0.4, -0.2) is 49.1 Å². The van der Waals surface area contributed by atoms with Gasteiger partial charge in [0.1, 0.15) is 18.2 Å². The third kappa shape index (κ3) is 6.67. The molecule has 6 atom stereocenters. The molecule has 2 aliphatic heterocycles. The van der Waals surface area contributed by atoms with Crippen molar-refractivity contribution in [3.05, 3.63) is 71.8 Å². The van der Waals surface area contributed by atoms with Gasteiger partial charge in [-0.25, -0.2) is 0 Å². The van der Waals surface area contributed by atoms with E-state index >= 15 is 0 Å². The van der Waals surface area contributed by atoms with E-state index in [2.05, 4.69) is 5.32 Å². The molecular weight excluding hydrogens is 450 g/mol. The van der Waals surface area contributed by atoms with Gasteiger partial charge in [-0.15, -0.1) is 0 Å². The normalized spacial score (nSPS) is 28.1. The monoisotopic (exact) mass is 483 g/mol. The minimum atomic E-state index is -0.857. The number of unbranched alkanes of at least 4 members (excludes halogenated alkanes) is 1. The van der Waals surface area contributed by atoms with E-state index in [0.717, 1.165) is 17.5 Å². The SMILES string of the molecule is CCCCC(=O)O[C@H]1[C@H](NC(C)=O)[C@H](OCc2ccccc2)O[C@@H]2CO[C@H](c3ccccc3)O[C@@H]12. The van der Waals surface area contributed by atoms with Crippen molar-refractivity contribution in [1.29, 1.82) is 0 Å². The average molecular weight is 484 g/mol. The van der Waals surface area contributed by atoms with Crippen LogP contribution in [-0.2, 0) is 39.9 Å². The van der Waals surface area contributed by atoms with Crippen LogP contribution >= 0.6 is 0 Å². The molecule has 2 saturated heterocycles.